The number of cyclic esters (lactones) is 1. The number of hydrogen-bond acceptors (Lipinski definition) is 9. The Bertz CT molecular complexity index is 1420. The fourth-order valence-corrected chi connectivity index (χ4v) is 11.1. The maximum Gasteiger partial charge on any atom is 0.313 e. The van der Waals surface area contributed by atoms with Gasteiger partial charge in [-0.2, -0.15) is 0 Å². The molecule has 9 fully saturated rings. The quantitative estimate of drug-likeness (QED) is 0.180. The van der Waals surface area contributed by atoms with Crippen LogP contribution < -0.4 is 0 Å². The number of esters is 4. The van der Waals surface area contributed by atoms with E-state index in [0.29, 0.717) is 36.5 Å². The van der Waals surface area contributed by atoms with Crippen LogP contribution in [0, 0.1) is 57.7 Å². The van der Waals surface area contributed by atoms with Gasteiger partial charge >= 0.3 is 23.9 Å². The topological polar surface area (TPSA) is 125 Å². The summed E-state index contributed by atoms with van der Waals surface area (Å²) in [4.78, 5) is 48.4. The molecule has 9 aliphatic rings. The van der Waals surface area contributed by atoms with Gasteiger partial charge in [-0.3, -0.25) is 19.2 Å². The van der Waals surface area contributed by atoms with Crippen molar-refractivity contribution in [2.45, 2.75) is 208 Å². The zero-order valence-electron chi connectivity index (χ0n) is 36.7. The van der Waals surface area contributed by atoms with E-state index in [2.05, 4.69) is 13.8 Å². The first-order valence-electron chi connectivity index (χ1n) is 21.9. The minimum Gasteiger partial charge on any atom is -0.459 e. The van der Waals surface area contributed by atoms with Crippen molar-refractivity contribution >= 4 is 23.9 Å². The van der Waals surface area contributed by atoms with Gasteiger partial charge in [0.2, 0.25) is 0 Å². The third kappa shape index (κ3) is 8.67. The second-order valence-corrected chi connectivity index (χ2v) is 21.7. The molecule has 9 nitrogen and oxygen atoms in total. The smallest absolute Gasteiger partial charge is 0.313 e. The summed E-state index contributed by atoms with van der Waals surface area (Å²) in [5, 5.41) is 10.6. The third-order valence-electron chi connectivity index (χ3n) is 16.3. The molecule has 0 aromatic heterocycles. The first-order chi connectivity index (χ1) is 25.3. The summed E-state index contributed by atoms with van der Waals surface area (Å²) in [5.41, 5.74) is -3.22. The van der Waals surface area contributed by atoms with Gasteiger partial charge in [0.15, 0.2) is 5.60 Å². The predicted molar refractivity (Wildman–Crippen MR) is 211 cm³/mol. The highest BCUT2D eigenvalue weighted by Gasteiger charge is 2.60. The van der Waals surface area contributed by atoms with E-state index in [-0.39, 0.29) is 40.5 Å². The lowest BCUT2D eigenvalue weighted by Crippen LogP contribution is -2.61. The predicted octanol–water partition coefficient (Wildman–Crippen LogP) is 9.54. The molecule has 9 heteroatoms. The molecule has 0 aromatic rings. The van der Waals surface area contributed by atoms with Gasteiger partial charge in [0.25, 0.3) is 0 Å². The summed E-state index contributed by atoms with van der Waals surface area (Å²) in [6.07, 6.45) is 14.2. The average Bonchev–Trinajstić information content (AvgIpc) is 3.27. The molecule has 0 spiro atoms. The van der Waals surface area contributed by atoms with Crippen molar-refractivity contribution in [1.29, 1.82) is 0 Å². The Labute approximate surface area is 332 Å². The van der Waals surface area contributed by atoms with Gasteiger partial charge in [-0.15, -0.1) is 0 Å². The van der Waals surface area contributed by atoms with Crippen LogP contribution in [0.5, 0.6) is 0 Å². The first-order valence-corrected chi connectivity index (χ1v) is 21.9. The molecule has 314 valence electrons. The van der Waals surface area contributed by atoms with Gasteiger partial charge < -0.3 is 24.1 Å². The second-order valence-electron chi connectivity index (χ2n) is 21.7. The molecule has 0 aromatic carbocycles. The molecule has 5 unspecified atom stereocenters. The zero-order valence-corrected chi connectivity index (χ0v) is 36.7. The highest BCUT2D eigenvalue weighted by Crippen LogP contribution is 2.61. The van der Waals surface area contributed by atoms with E-state index in [1.54, 1.807) is 20.8 Å². The number of carbonyl (C=O) groups excluding carboxylic acids is 4. The Hall–Kier alpha value is -2.16. The van der Waals surface area contributed by atoms with Gasteiger partial charge in [-0.1, -0.05) is 20.8 Å². The third-order valence-corrected chi connectivity index (χ3v) is 16.3. The number of carbonyl (C=O) groups is 4. The van der Waals surface area contributed by atoms with Crippen molar-refractivity contribution in [2.24, 2.45) is 57.7 Å². The number of hydrogen-bond donors (Lipinski definition) is 1. The van der Waals surface area contributed by atoms with Crippen LogP contribution in [-0.4, -0.2) is 57.5 Å². The van der Waals surface area contributed by atoms with E-state index in [1.165, 1.54) is 38.5 Å². The van der Waals surface area contributed by atoms with Gasteiger partial charge in [0.05, 0.1) is 27.8 Å². The Morgan fingerprint density at radius 3 is 1.38 bits per heavy atom. The fraction of sp³-hybridized carbons (Fsp3) is 0.913. The normalized spacial score (nSPS) is 41.0. The highest BCUT2D eigenvalue weighted by atomic mass is 16.6. The van der Waals surface area contributed by atoms with Gasteiger partial charge in [0.1, 0.15) is 17.3 Å². The molecule has 5 atom stereocenters. The van der Waals surface area contributed by atoms with Crippen molar-refractivity contribution in [3.05, 3.63) is 0 Å². The molecule has 1 saturated heterocycles. The van der Waals surface area contributed by atoms with Gasteiger partial charge in [-0.25, -0.2) is 0 Å². The van der Waals surface area contributed by atoms with Crippen molar-refractivity contribution < 1.29 is 43.2 Å². The standard InChI is InChI=1S/C17H28O2.C16H26O3.C13H22O4/c1-5-16(2,3)15(18)19-17(4)13-7-11-6-12(9-13)10-14(17)8-11;1-4-14(2,3)13(17)19-16-8-11-5-12(9-16)7-15(18,6-11)10-16;1-7-12(4,5)11(15)17-13(6)8(2)10(14)16-9(13)3/h11-14H,5-10H2,1-4H3;11-12,18H,4-10H2,1-3H3;8-9H,7H2,1-6H3. The lowest BCUT2D eigenvalue weighted by Gasteiger charge is -2.59. The molecule has 1 heterocycles. The van der Waals surface area contributed by atoms with Crippen LogP contribution in [0.2, 0.25) is 0 Å². The second kappa shape index (κ2) is 15.2. The molecule has 55 heavy (non-hydrogen) atoms. The van der Waals surface area contributed by atoms with Crippen LogP contribution in [0.25, 0.3) is 0 Å². The minimum absolute atomic E-state index is 0.0185. The molecule has 8 bridgehead atoms. The Morgan fingerprint density at radius 2 is 1.02 bits per heavy atom. The SMILES string of the molecule is CCC(C)(C)C(=O)OC1(C)C(C)OC(=O)C1C.CCC(C)(C)C(=O)OC1(C)C2CC3CC(C2)CC1C3.CCC(C)(C)C(=O)OC12CC3CC(CC(O)(C3)C1)C2. The van der Waals surface area contributed by atoms with E-state index in [0.717, 1.165) is 50.4 Å². The molecular weight excluding hydrogens is 696 g/mol. The summed E-state index contributed by atoms with van der Waals surface area (Å²) < 4.78 is 22.8. The largest absolute Gasteiger partial charge is 0.459 e. The van der Waals surface area contributed by atoms with Crippen LogP contribution in [0.1, 0.15) is 180 Å². The lowest BCUT2D eigenvalue weighted by molar-refractivity contribution is -0.225. The molecule has 9 rings (SSSR count). The maximum atomic E-state index is 12.5. The molecule has 1 N–H and O–H groups in total. The first kappa shape index (κ1) is 44.0. The van der Waals surface area contributed by atoms with E-state index in [9.17, 15) is 24.3 Å². The number of aliphatic hydroxyl groups is 1. The van der Waals surface area contributed by atoms with Crippen LogP contribution in [0.15, 0.2) is 0 Å². The van der Waals surface area contributed by atoms with E-state index in [4.69, 9.17) is 18.9 Å². The van der Waals surface area contributed by atoms with Crippen LogP contribution in [0.4, 0.5) is 0 Å². The molecule has 1 aliphatic heterocycles. The van der Waals surface area contributed by atoms with Crippen molar-refractivity contribution in [2.75, 3.05) is 0 Å². The lowest BCUT2D eigenvalue weighted by atomic mass is 9.50. The summed E-state index contributed by atoms with van der Waals surface area (Å²) in [7, 11) is 0. The molecule has 0 amide bonds. The number of rotatable bonds is 9. The molecule has 8 aliphatic carbocycles. The fourth-order valence-electron chi connectivity index (χ4n) is 11.1. The summed E-state index contributed by atoms with van der Waals surface area (Å²) in [6.45, 7) is 25.1. The molecule has 8 saturated carbocycles. The van der Waals surface area contributed by atoms with Crippen molar-refractivity contribution in [3.63, 3.8) is 0 Å². The molecule has 0 radical (unpaired) electrons. The van der Waals surface area contributed by atoms with Crippen molar-refractivity contribution in [1.82, 2.24) is 0 Å². The maximum absolute atomic E-state index is 12.5. The Morgan fingerprint density at radius 1 is 0.636 bits per heavy atom. The van der Waals surface area contributed by atoms with Crippen LogP contribution in [0.3, 0.4) is 0 Å². The Balaban J connectivity index is 0.000000159. The summed E-state index contributed by atoms with van der Waals surface area (Å²) in [5.74, 6) is 3.15. The van der Waals surface area contributed by atoms with Crippen LogP contribution in [-0.2, 0) is 38.1 Å². The van der Waals surface area contributed by atoms with E-state index in [1.807, 2.05) is 55.4 Å². The van der Waals surface area contributed by atoms with Gasteiger partial charge in [-0.05, 0) is 188 Å². The van der Waals surface area contributed by atoms with Gasteiger partial charge in [0, 0.05) is 6.42 Å². The van der Waals surface area contributed by atoms with E-state index >= 15 is 0 Å². The van der Waals surface area contributed by atoms with Crippen LogP contribution >= 0.6 is 0 Å². The summed E-state index contributed by atoms with van der Waals surface area (Å²) >= 11 is 0. The monoisotopic (exact) mass is 773 g/mol. The number of ether oxygens (including phenoxy) is 4. The average molecular weight is 773 g/mol. The minimum atomic E-state index is -0.861. The van der Waals surface area contributed by atoms with Crippen molar-refractivity contribution in [3.8, 4) is 0 Å². The zero-order chi connectivity index (χ0) is 41.2. The Kier molecular flexibility index (Phi) is 12.2. The highest BCUT2D eigenvalue weighted by molar-refractivity contribution is 5.80. The van der Waals surface area contributed by atoms with E-state index < -0.39 is 34.1 Å². The molecular formula is C46H76O9. The summed E-state index contributed by atoms with van der Waals surface area (Å²) in [6, 6.07) is 0.